The summed E-state index contributed by atoms with van der Waals surface area (Å²) in [6.45, 7) is 1.89. The largest absolute Gasteiger partial charge is 0.380 e. The third-order valence-corrected chi connectivity index (χ3v) is 3.26. The van der Waals surface area contributed by atoms with Gasteiger partial charge in [-0.15, -0.1) is 0 Å². The van der Waals surface area contributed by atoms with Crippen LogP contribution in [0, 0.1) is 11.6 Å². The van der Waals surface area contributed by atoms with Gasteiger partial charge in [0.25, 0.3) is 0 Å². The summed E-state index contributed by atoms with van der Waals surface area (Å²) in [6.07, 6.45) is 0.985. The van der Waals surface area contributed by atoms with Gasteiger partial charge in [0.1, 0.15) is 5.60 Å². The van der Waals surface area contributed by atoms with Gasteiger partial charge in [-0.1, -0.05) is 55.8 Å². The molecule has 0 aromatic heterocycles. The van der Waals surface area contributed by atoms with Crippen LogP contribution >= 0.6 is 0 Å². The van der Waals surface area contributed by atoms with E-state index in [2.05, 4.69) is 0 Å². The Bertz CT molecular complexity index is 554. The molecule has 0 fully saturated rings. The van der Waals surface area contributed by atoms with Crippen LogP contribution in [0.1, 0.15) is 30.9 Å². The SMILES string of the molecule is CCCC(O)(c1ccccc1)c1cccc(F)c1F. The molecule has 1 unspecified atom stereocenters. The quantitative estimate of drug-likeness (QED) is 0.883. The molecule has 1 nitrogen and oxygen atoms in total. The fourth-order valence-electron chi connectivity index (χ4n) is 2.33. The van der Waals surface area contributed by atoms with E-state index in [0.29, 0.717) is 18.4 Å². The van der Waals surface area contributed by atoms with Crippen LogP contribution in [-0.4, -0.2) is 5.11 Å². The Morgan fingerprint density at radius 1 is 1.00 bits per heavy atom. The van der Waals surface area contributed by atoms with E-state index in [1.165, 1.54) is 12.1 Å². The summed E-state index contributed by atoms with van der Waals surface area (Å²) in [6, 6.07) is 12.7. The summed E-state index contributed by atoms with van der Waals surface area (Å²) < 4.78 is 27.4. The first-order chi connectivity index (χ1) is 9.09. The first-order valence-corrected chi connectivity index (χ1v) is 6.32. The van der Waals surface area contributed by atoms with E-state index in [0.717, 1.165) is 6.07 Å². The highest BCUT2D eigenvalue weighted by molar-refractivity contribution is 5.37. The average Bonchev–Trinajstić information content (AvgIpc) is 2.43. The van der Waals surface area contributed by atoms with E-state index < -0.39 is 17.2 Å². The molecule has 2 rings (SSSR count). The predicted octanol–water partition coefficient (Wildman–Crippen LogP) is 4.00. The fraction of sp³-hybridized carbons (Fsp3) is 0.250. The number of benzene rings is 2. The third-order valence-electron chi connectivity index (χ3n) is 3.26. The third kappa shape index (κ3) is 2.51. The van der Waals surface area contributed by atoms with E-state index in [9.17, 15) is 13.9 Å². The molecule has 100 valence electrons. The van der Waals surface area contributed by atoms with Crippen LogP contribution < -0.4 is 0 Å². The second kappa shape index (κ2) is 5.49. The van der Waals surface area contributed by atoms with Gasteiger partial charge >= 0.3 is 0 Å². The second-order valence-electron chi connectivity index (χ2n) is 4.58. The first kappa shape index (κ1) is 13.7. The Morgan fingerprint density at radius 3 is 2.32 bits per heavy atom. The molecule has 0 aliphatic heterocycles. The van der Waals surface area contributed by atoms with Crippen molar-refractivity contribution in [1.29, 1.82) is 0 Å². The number of hydrogen-bond donors (Lipinski definition) is 1. The van der Waals surface area contributed by atoms with Crippen LogP contribution in [0.5, 0.6) is 0 Å². The first-order valence-electron chi connectivity index (χ1n) is 6.32. The number of aliphatic hydroxyl groups is 1. The highest BCUT2D eigenvalue weighted by Gasteiger charge is 2.34. The molecule has 0 bridgehead atoms. The normalized spacial score (nSPS) is 14.1. The molecular formula is C16H16F2O. The van der Waals surface area contributed by atoms with Crippen molar-refractivity contribution >= 4 is 0 Å². The standard InChI is InChI=1S/C16H16F2O/c1-2-11-16(19,12-7-4-3-5-8-12)13-9-6-10-14(17)15(13)18/h3-10,19H,2,11H2,1H3. The maximum atomic E-state index is 14.0. The molecule has 0 radical (unpaired) electrons. The summed E-state index contributed by atoms with van der Waals surface area (Å²) in [4.78, 5) is 0. The van der Waals surface area contributed by atoms with Gasteiger partial charge in [-0.25, -0.2) is 8.78 Å². The van der Waals surface area contributed by atoms with Crippen LogP contribution in [0.25, 0.3) is 0 Å². The summed E-state index contributed by atoms with van der Waals surface area (Å²) in [7, 11) is 0. The molecule has 0 spiro atoms. The van der Waals surface area contributed by atoms with Crippen molar-refractivity contribution in [2.24, 2.45) is 0 Å². The molecule has 0 saturated heterocycles. The van der Waals surface area contributed by atoms with Crippen LogP contribution in [-0.2, 0) is 5.60 Å². The molecular weight excluding hydrogens is 246 g/mol. The van der Waals surface area contributed by atoms with Gasteiger partial charge in [-0.3, -0.25) is 0 Å². The lowest BCUT2D eigenvalue weighted by Gasteiger charge is -2.29. The molecule has 2 aromatic carbocycles. The van der Waals surface area contributed by atoms with Gasteiger partial charge in [-0.2, -0.15) is 0 Å². The summed E-state index contributed by atoms with van der Waals surface area (Å²) in [5.41, 5.74) is -0.941. The number of halogens is 2. The average molecular weight is 262 g/mol. The van der Waals surface area contributed by atoms with E-state index in [1.807, 2.05) is 13.0 Å². The molecule has 1 atom stereocenters. The molecule has 0 amide bonds. The molecule has 2 aromatic rings. The highest BCUT2D eigenvalue weighted by atomic mass is 19.2. The van der Waals surface area contributed by atoms with E-state index in [1.54, 1.807) is 24.3 Å². The zero-order valence-corrected chi connectivity index (χ0v) is 10.7. The van der Waals surface area contributed by atoms with Crippen molar-refractivity contribution in [2.75, 3.05) is 0 Å². The van der Waals surface area contributed by atoms with Gasteiger partial charge in [0.05, 0.1) is 0 Å². The Balaban J connectivity index is 2.60. The maximum Gasteiger partial charge on any atom is 0.165 e. The predicted molar refractivity (Wildman–Crippen MR) is 70.7 cm³/mol. The summed E-state index contributed by atoms with van der Waals surface area (Å²) in [5, 5.41) is 10.9. The molecule has 0 saturated carbocycles. The summed E-state index contributed by atoms with van der Waals surface area (Å²) >= 11 is 0. The van der Waals surface area contributed by atoms with Gasteiger partial charge in [0.2, 0.25) is 0 Å². The van der Waals surface area contributed by atoms with Crippen molar-refractivity contribution in [1.82, 2.24) is 0 Å². The number of rotatable bonds is 4. The minimum absolute atomic E-state index is 0.0134. The highest BCUT2D eigenvalue weighted by Crippen LogP contribution is 2.36. The second-order valence-corrected chi connectivity index (χ2v) is 4.58. The molecule has 0 heterocycles. The van der Waals surface area contributed by atoms with Crippen LogP contribution in [0.15, 0.2) is 48.5 Å². The molecule has 0 aliphatic rings. The molecule has 1 N–H and O–H groups in total. The van der Waals surface area contributed by atoms with Crippen LogP contribution in [0.3, 0.4) is 0 Å². The Kier molecular flexibility index (Phi) is 3.96. The lowest BCUT2D eigenvalue weighted by atomic mass is 9.82. The van der Waals surface area contributed by atoms with Crippen molar-refractivity contribution < 1.29 is 13.9 Å². The minimum atomic E-state index is -1.50. The molecule has 3 heteroatoms. The monoisotopic (exact) mass is 262 g/mol. The minimum Gasteiger partial charge on any atom is -0.380 e. The maximum absolute atomic E-state index is 14.0. The van der Waals surface area contributed by atoms with Gasteiger partial charge in [0.15, 0.2) is 11.6 Å². The van der Waals surface area contributed by atoms with E-state index >= 15 is 0 Å². The zero-order valence-electron chi connectivity index (χ0n) is 10.7. The van der Waals surface area contributed by atoms with Gasteiger partial charge in [-0.05, 0) is 18.1 Å². The van der Waals surface area contributed by atoms with E-state index in [4.69, 9.17) is 0 Å². The van der Waals surface area contributed by atoms with Gasteiger partial charge in [0, 0.05) is 5.56 Å². The van der Waals surface area contributed by atoms with Crippen LogP contribution in [0.2, 0.25) is 0 Å². The van der Waals surface area contributed by atoms with Crippen LogP contribution in [0.4, 0.5) is 8.78 Å². The Labute approximate surface area is 111 Å². The van der Waals surface area contributed by atoms with Crippen molar-refractivity contribution in [2.45, 2.75) is 25.4 Å². The Morgan fingerprint density at radius 2 is 1.68 bits per heavy atom. The lowest BCUT2D eigenvalue weighted by molar-refractivity contribution is 0.0655. The van der Waals surface area contributed by atoms with Crippen molar-refractivity contribution in [3.8, 4) is 0 Å². The summed E-state index contributed by atoms with van der Waals surface area (Å²) in [5.74, 6) is -1.93. The molecule has 19 heavy (non-hydrogen) atoms. The molecule has 0 aliphatic carbocycles. The lowest BCUT2D eigenvalue weighted by Crippen LogP contribution is -2.28. The van der Waals surface area contributed by atoms with Crippen molar-refractivity contribution in [3.63, 3.8) is 0 Å². The van der Waals surface area contributed by atoms with Crippen molar-refractivity contribution in [3.05, 3.63) is 71.3 Å². The van der Waals surface area contributed by atoms with E-state index in [-0.39, 0.29) is 5.56 Å². The smallest absolute Gasteiger partial charge is 0.165 e. The number of hydrogen-bond acceptors (Lipinski definition) is 1. The fourth-order valence-corrected chi connectivity index (χ4v) is 2.33. The topological polar surface area (TPSA) is 20.2 Å². The zero-order chi connectivity index (χ0) is 13.9. The Hall–Kier alpha value is -1.74. The van der Waals surface area contributed by atoms with Gasteiger partial charge < -0.3 is 5.11 Å².